The maximum Gasteiger partial charge on any atom is 0.125 e. The minimum Gasteiger partial charge on any atom is -0.296 e. The van der Waals surface area contributed by atoms with Crippen molar-refractivity contribution in [2.45, 2.75) is 13.3 Å². The summed E-state index contributed by atoms with van der Waals surface area (Å²) < 4.78 is 3.57. The van der Waals surface area contributed by atoms with Crippen molar-refractivity contribution in [3.8, 4) is 16.8 Å². The van der Waals surface area contributed by atoms with Crippen molar-refractivity contribution in [3.05, 3.63) is 103 Å². The number of thiophene rings is 1. The summed E-state index contributed by atoms with van der Waals surface area (Å²) in [6, 6.07) is 34.4. The van der Waals surface area contributed by atoms with Gasteiger partial charge in [0.25, 0.3) is 0 Å². The monoisotopic (exact) mass is 455 g/mol. The van der Waals surface area contributed by atoms with Crippen LogP contribution >= 0.6 is 11.3 Å². The highest BCUT2D eigenvalue weighted by Gasteiger charge is 2.17. The van der Waals surface area contributed by atoms with Crippen molar-refractivity contribution in [3.63, 3.8) is 0 Å². The quantitative estimate of drug-likeness (QED) is 0.269. The molecule has 3 aromatic heterocycles. The molecule has 0 aliphatic carbocycles. The third kappa shape index (κ3) is 2.82. The van der Waals surface area contributed by atoms with E-state index in [4.69, 9.17) is 9.97 Å². The number of rotatable bonds is 3. The molecular weight excluding hydrogens is 434 g/mol. The minimum absolute atomic E-state index is 0.872. The van der Waals surface area contributed by atoms with Crippen LogP contribution in [0.1, 0.15) is 12.7 Å². The molecule has 0 N–H and O–H groups in total. The molecule has 7 rings (SSSR count). The predicted octanol–water partition coefficient (Wildman–Crippen LogP) is 8.17. The number of fused-ring (bicyclic) bond motifs is 5. The Labute approximate surface area is 201 Å². The van der Waals surface area contributed by atoms with Gasteiger partial charge in [0.2, 0.25) is 0 Å². The lowest BCUT2D eigenvalue weighted by atomic mass is 9.96. The third-order valence-corrected chi connectivity index (χ3v) is 7.63. The van der Waals surface area contributed by atoms with Gasteiger partial charge in [-0.1, -0.05) is 67.6 Å². The Balaban J connectivity index is 1.58. The van der Waals surface area contributed by atoms with Crippen molar-refractivity contribution in [2.75, 3.05) is 0 Å². The van der Waals surface area contributed by atoms with Crippen LogP contribution in [-0.4, -0.2) is 14.5 Å². The molecule has 0 amide bonds. The second kappa shape index (κ2) is 7.51. The fourth-order valence-electron chi connectivity index (χ4n) is 5.08. The van der Waals surface area contributed by atoms with E-state index in [2.05, 4.69) is 109 Å². The van der Waals surface area contributed by atoms with E-state index in [1.807, 2.05) is 0 Å². The molecule has 0 saturated carbocycles. The highest BCUT2D eigenvalue weighted by molar-refractivity contribution is 7.25. The Hall–Kier alpha value is -4.02. The molecule has 3 nitrogen and oxygen atoms in total. The second-order valence-corrected chi connectivity index (χ2v) is 9.57. The molecule has 162 valence electrons. The summed E-state index contributed by atoms with van der Waals surface area (Å²) in [4.78, 5) is 11.0. The number of hydrogen-bond acceptors (Lipinski definition) is 3. The first-order valence-corrected chi connectivity index (χ1v) is 12.4. The lowest BCUT2D eigenvalue weighted by molar-refractivity contribution is 0.908. The van der Waals surface area contributed by atoms with E-state index in [1.54, 1.807) is 11.3 Å². The molecular formula is C30H21N3S. The van der Waals surface area contributed by atoms with E-state index in [1.165, 1.54) is 32.0 Å². The van der Waals surface area contributed by atoms with Crippen molar-refractivity contribution in [1.29, 1.82) is 0 Å². The zero-order valence-corrected chi connectivity index (χ0v) is 19.5. The van der Waals surface area contributed by atoms with Crippen LogP contribution in [0.25, 0.3) is 59.1 Å². The summed E-state index contributed by atoms with van der Waals surface area (Å²) in [5.41, 5.74) is 6.79. The molecule has 3 heterocycles. The fourth-order valence-corrected chi connectivity index (χ4v) is 6.17. The lowest BCUT2D eigenvalue weighted by Gasteiger charge is -2.13. The molecule has 0 aliphatic heterocycles. The van der Waals surface area contributed by atoms with Gasteiger partial charge in [-0.3, -0.25) is 4.57 Å². The predicted molar refractivity (Wildman–Crippen MR) is 144 cm³/mol. The summed E-state index contributed by atoms with van der Waals surface area (Å²) >= 11 is 1.77. The fraction of sp³-hybridized carbons (Fsp3) is 0.0667. The smallest absolute Gasteiger partial charge is 0.125 e. The minimum atomic E-state index is 0.872. The number of aryl methyl sites for hydroxylation is 1. The Bertz CT molecular complexity index is 1860. The van der Waals surface area contributed by atoms with E-state index >= 15 is 0 Å². The molecule has 0 saturated heterocycles. The first-order valence-electron chi connectivity index (χ1n) is 11.6. The van der Waals surface area contributed by atoms with Gasteiger partial charge in [0.15, 0.2) is 0 Å². The van der Waals surface area contributed by atoms with E-state index in [9.17, 15) is 0 Å². The first kappa shape index (κ1) is 19.4. The topological polar surface area (TPSA) is 30.7 Å². The van der Waals surface area contributed by atoms with Gasteiger partial charge in [0, 0.05) is 38.5 Å². The van der Waals surface area contributed by atoms with Gasteiger partial charge in [-0.05, 0) is 42.0 Å². The Morgan fingerprint density at radius 1 is 0.735 bits per heavy atom. The van der Waals surface area contributed by atoms with Gasteiger partial charge >= 0.3 is 0 Å². The van der Waals surface area contributed by atoms with Gasteiger partial charge in [0.05, 0.1) is 16.6 Å². The van der Waals surface area contributed by atoms with Crippen LogP contribution < -0.4 is 0 Å². The van der Waals surface area contributed by atoms with Crippen LogP contribution in [-0.2, 0) is 6.42 Å². The van der Waals surface area contributed by atoms with Crippen LogP contribution in [0.4, 0.5) is 0 Å². The van der Waals surface area contributed by atoms with Gasteiger partial charge < -0.3 is 0 Å². The zero-order valence-electron chi connectivity index (χ0n) is 18.7. The van der Waals surface area contributed by atoms with E-state index < -0.39 is 0 Å². The normalized spacial score (nSPS) is 11.8. The number of imidazole rings is 1. The number of hydrogen-bond donors (Lipinski definition) is 0. The van der Waals surface area contributed by atoms with Crippen LogP contribution in [0, 0.1) is 0 Å². The molecule has 0 fully saturated rings. The molecule has 0 unspecified atom stereocenters. The maximum atomic E-state index is 5.05. The summed E-state index contributed by atoms with van der Waals surface area (Å²) in [6.07, 6.45) is 0.872. The number of para-hydroxylation sites is 3. The van der Waals surface area contributed by atoms with Gasteiger partial charge in [-0.2, -0.15) is 0 Å². The number of aromatic nitrogens is 3. The van der Waals surface area contributed by atoms with Crippen molar-refractivity contribution < 1.29 is 0 Å². The average Bonchev–Trinajstić information content (AvgIpc) is 3.45. The summed E-state index contributed by atoms with van der Waals surface area (Å²) in [7, 11) is 0. The van der Waals surface area contributed by atoms with Gasteiger partial charge in [-0.25, -0.2) is 9.97 Å². The van der Waals surface area contributed by atoms with Crippen molar-refractivity contribution >= 4 is 53.6 Å². The van der Waals surface area contributed by atoms with Crippen LogP contribution in [0.3, 0.4) is 0 Å². The van der Waals surface area contributed by atoms with Crippen LogP contribution in [0.5, 0.6) is 0 Å². The third-order valence-electron chi connectivity index (χ3n) is 6.56. The molecule has 0 bridgehead atoms. The summed E-state index contributed by atoms with van der Waals surface area (Å²) in [5.74, 6) is 1.07. The number of nitrogens with zero attached hydrogens (tertiary/aromatic N) is 3. The maximum absolute atomic E-state index is 5.05. The molecule has 4 heteroatoms. The highest BCUT2D eigenvalue weighted by atomic mass is 32.1. The standard InChI is InChI=1S/C30H21N3S/c1-2-27-31-24-15-6-7-16-25(24)33(27)20-11-9-10-19(18-20)28-21-12-3-5-14-23(21)32-30-29(28)22-13-4-8-17-26(22)34-30/h3-18H,2H2,1H3. The van der Waals surface area contributed by atoms with E-state index in [-0.39, 0.29) is 0 Å². The lowest BCUT2D eigenvalue weighted by Crippen LogP contribution is -2.00. The van der Waals surface area contributed by atoms with Crippen molar-refractivity contribution in [1.82, 2.24) is 14.5 Å². The van der Waals surface area contributed by atoms with Crippen LogP contribution in [0.2, 0.25) is 0 Å². The number of pyridine rings is 1. The zero-order chi connectivity index (χ0) is 22.6. The Morgan fingerprint density at radius 3 is 2.38 bits per heavy atom. The molecule has 0 atom stereocenters. The van der Waals surface area contributed by atoms with Crippen molar-refractivity contribution in [2.24, 2.45) is 0 Å². The molecule has 7 aromatic rings. The SMILES string of the molecule is CCc1nc2ccccc2n1-c1cccc(-c2c3ccccc3nc3sc4ccccc4c23)c1. The highest BCUT2D eigenvalue weighted by Crippen LogP contribution is 2.43. The van der Waals surface area contributed by atoms with E-state index in [0.717, 1.165) is 39.3 Å². The van der Waals surface area contributed by atoms with Gasteiger partial charge in [-0.15, -0.1) is 11.3 Å². The summed E-state index contributed by atoms with van der Waals surface area (Å²) in [5, 5.41) is 3.69. The average molecular weight is 456 g/mol. The first-order chi connectivity index (χ1) is 16.8. The van der Waals surface area contributed by atoms with Crippen LogP contribution in [0.15, 0.2) is 97.1 Å². The largest absolute Gasteiger partial charge is 0.296 e. The van der Waals surface area contributed by atoms with E-state index in [0.29, 0.717) is 0 Å². The molecule has 34 heavy (non-hydrogen) atoms. The molecule has 4 aromatic carbocycles. The molecule has 0 spiro atoms. The molecule has 0 radical (unpaired) electrons. The number of benzene rings is 4. The van der Waals surface area contributed by atoms with Gasteiger partial charge in [0.1, 0.15) is 10.7 Å². The molecule has 0 aliphatic rings. The second-order valence-electron chi connectivity index (χ2n) is 8.54. The summed E-state index contributed by atoms with van der Waals surface area (Å²) in [6.45, 7) is 2.17. The Morgan fingerprint density at radius 2 is 1.50 bits per heavy atom. The Kier molecular flexibility index (Phi) is 4.29.